The van der Waals surface area contributed by atoms with Crippen LogP contribution in [0.1, 0.15) is 22.4 Å². The van der Waals surface area contributed by atoms with Crippen molar-refractivity contribution in [2.45, 2.75) is 13.0 Å². The van der Waals surface area contributed by atoms with E-state index in [1.54, 1.807) is 10.6 Å². The van der Waals surface area contributed by atoms with Crippen LogP contribution >= 0.6 is 11.6 Å². The van der Waals surface area contributed by atoms with Crippen LogP contribution in [0.5, 0.6) is 0 Å². The highest BCUT2D eigenvalue weighted by molar-refractivity contribution is 6.30. The van der Waals surface area contributed by atoms with Crippen molar-refractivity contribution in [1.82, 2.24) is 14.9 Å². The van der Waals surface area contributed by atoms with Crippen LogP contribution in [0.15, 0.2) is 65.7 Å². The average molecular weight is 419 g/mol. The van der Waals surface area contributed by atoms with Gasteiger partial charge in [-0.3, -0.25) is 9.78 Å². The van der Waals surface area contributed by atoms with E-state index in [-0.39, 0.29) is 5.56 Å². The van der Waals surface area contributed by atoms with Gasteiger partial charge in [0.25, 0.3) is 5.56 Å². The minimum Gasteiger partial charge on any atom is -0.368 e. The number of hydrogen-bond acceptors (Lipinski definition) is 4. The minimum absolute atomic E-state index is 0.0203. The van der Waals surface area contributed by atoms with Crippen molar-refractivity contribution in [2.24, 2.45) is 0 Å². The van der Waals surface area contributed by atoms with Crippen molar-refractivity contribution < 1.29 is 0 Å². The van der Waals surface area contributed by atoms with Crippen molar-refractivity contribution >= 4 is 22.9 Å². The van der Waals surface area contributed by atoms with Crippen molar-refractivity contribution in [2.75, 3.05) is 31.1 Å². The monoisotopic (exact) mass is 418 g/mol. The van der Waals surface area contributed by atoms with Gasteiger partial charge in [-0.05, 0) is 41.0 Å². The van der Waals surface area contributed by atoms with Gasteiger partial charge in [-0.1, -0.05) is 29.8 Å². The Bertz CT molecular complexity index is 1180. The first kappa shape index (κ1) is 19.1. The van der Waals surface area contributed by atoms with Gasteiger partial charge in [0.1, 0.15) is 0 Å². The Balaban J connectivity index is 1.42. The van der Waals surface area contributed by atoms with Crippen LogP contribution in [-0.2, 0) is 13.0 Å². The number of rotatable bonds is 4. The largest absolute Gasteiger partial charge is 0.368 e. The predicted molar refractivity (Wildman–Crippen MR) is 121 cm³/mol. The molecule has 30 heavy (non-hydrogen) atoms. The zero-order valence-electron chi connectivity index (χ0n) is 16.6. The third kappa shape index (κ3) is 3.78. The van der Waals surface area contributed by atoms with E-state index < -0.39 is 0 Å². The molecule has 0 amide bonds. The lowest BCUT2D eigenvalue weighted by molar-refractivity contribution is 0.588. The molecule has 0 saturated carbocycles. The molecule has 0 spiro atoms. The number of nitrogens with zero attached hydrogens (tertiary/aromatic N) is 3. The molecule has 2 aliphatic rings. The van der Waals surface area contributed by atoms with E-state index in [1.807, 2.05) is 42.7 Å². The second-order valence-corrected chi connectivity index (χ2v) is 8.19. The summed E-state index contributed by atoms with van der Waals surface area (Å²) in [6.07, 6.45) is 6.82. The number of benzene rings is 1. The number of nitrogens with one attached hydrogen (secondary N) is 1. The summed E-state index contributed by atoms with van der Waals surface area (Å²) in [5.74, 6) is 0. The number of fused-ring (bicyclic) bond motifs is 1. The summed E-state index contributed by atoms with van der Waals surface area (Å²) in [6.45, 7) is 4.46. The van der Waals surface area contributed by atoms with Gasteiger partial charge in [-0.2, -0.15) is 0 Å². The zero-order valence-corrected chi connectivity index (χ0v) is 17.4. The number of halogens is 1. The van der Waals surface area contributed by atoms with Gasteiger partial charge in [0.15, 0.2) is 0 Å². The molecule has 1 aliphatic carbocycles. The molecule has 0 radical (unpaired) electrons. The van der Waals surface area contributed by atoms with E-state index in [0.29, 0.717) is 11.6 Å². The van der Waals surface area contributed by atoms with Crippen LogP contribution < -0.4 is 15.8 Å². The second-order valence-electron chi connectivity index (χ2n) is 7.76. The summed E-state index contributed by atoms with van der Waals surface area (Å²) >= 11 is 6.07. The fourth-order valence-corrected chi connectivity index (χ4v) is 4.41. The molecule has 1 aliphatic heterocycles. The Labute approximate surface area is 180 Å². The Morgan fingerprint density at radius 1 is 1.10 bits per heavy atom. The highest BCUT2D eigenvalue weighted by Gasteiger charge is 2.20. The van der Waals surface area contributed by atoms with Gasteiger partial charge in [-0.25, -0.2) is 0 Å². The van der Waals surface area contributed by atoms with Gasteiger partial charge in [0.05, 0.1) is 24.1 Å². The normalized spacial score (nSPS) is 15.8. The van der Waals surface area contributed by atoms with Gasteiger partial charge in [0.2, 0.25) is 0 Å². The maximum atomic E-state index is 12.8. The van der Waals surface area contributed by atoms with Crippen molar-refractivity contribution in [3.05, 3.63) is 98.7 Å². The maximum absolute atomic E-state index is 12.8. The Hall–Kier alpha value is -2.89. The lowest BCUT2D eigenvalue weighted by Gasteiger charge is -2.29. The second kappa shape index (κ2) is 8.09. The molecular formula is C24H23ClN4O. The molecule has 0 atom stereocenters. The Morgan fingerprint density at radius 2 is 1.97 bits per heavy atom. The van der Waals surface area contributed by atoms with Crippen molar-refractivity contribution in [3.8, 4) is 0 Å². The SMILES string of the molecule is O=c1cc(C2=CCc3ncc(N4CCNCC4)cc32)ccn1Cc1cccc(Cl)c1. The summed E-state index contributed by atoms with van der Waals surface area (Å²) in [5.41, 5.74) is 6.39. The number of anilines is 1. The Morgan fingerprint density at radius 3 is 2.77 bits per heavy atom. The van der Waals surface area contributed by atoms with Crippen molar-refractivity contribution in [1.29, 1.82) is 0 Å². The van der Waals surface area contributed by atoms with Crippen molar-refractivity contribution in [3.63, 3.8) is 0 Å². The van der Waals surface area contributed by atoms with E-state index in [0.717, 1.165) is 66.2 Å². The first-order chi connectivity index (χ1) is 14.7. The maximum Gasteiger partial charge on any atom is 0.251 e. The van der Waals surface area contributed by atoms with Gasteiger partial charge < -0.3 is 14.8 Å². The lowest BCUT2D eigenvalue weighted by Crippen LogP contribution is -2.43. The molecular weight excluding hydrogens is 396 g/mol. The van der Waals surface area contributed by atoms with Crippen LogP contribution in [-0.4, -0.2) is 35.7 Å². The number of piperazine rings is 1. The van der Waals surface area contributed by atoms with E-state index in [2.05, 4.69) is 22.4 Å². The van der Waals surface area contributed by atoms with Crippen LogP contribution in [0.3, 0.4) is 0 Å². The number of hydrogen-bond donors (Lipinski definition) is 1. The third-order valence-electron chi connectivity index (χ3n) is 5.78. The molecule has 1 saturated heterocycles. The lowest BCUT2D eigenvalue weighted by atomic mass is 10.0. The molecule has 0 bridgehead atoms. The quantitative estimate of drug-likeness (QED) is 0.706. The molecule has 1 N–H and O–H groups in total. The minimum atomic E-state index is -0.0203. The van der Waals surface area contributed by atoms with Crippen LogP contribution in [0.2, 0.25) is 5.02 Å². The molecule has 5 rings (SSSR count). The third-order valence-corrected chi connectivity index (χ3v) is 6.01. The summed E-state index contributed by atoms with van der Waals surface area (Å²) in [4.78, 5) is 19.9. The summed E-state index contributed by atoms with van der Waals surface area (Å²) in [6, 6.07) is 13.6. The smallest absolute Gasteiger partial charge is 0.251 e. The molecule has 1 aromatic carbocycles. The first-order valence-corrected chi connectivity index (χ1v) is 10.7. The number of pyridine rings is 2. The molecule has 1 fully saturated rings. The topological polar surface area (TPSA) is 50.2 Å². The number of allylic oxidation sites excluding steroid dienone is 1. The molecule has 2 aromatic heterocycles. The number of aromatic nitrogens is 2. The molecule has 3 heterocycles. The van der Waals surface area contributed by atoms with Gasteiger partial charge in [0, 0.05) is 55.4 Å². The fourth-order valence-electron chi connectivity index (χ4n) is 4.19. The summed E-state index contributed by atoms with van der Waals surface area (Å²) in [7, 11) is 0. The summed E-state index contributed by atoms with van der Waals surface area (Å²) < 4.78 is 1.71. The van der Waals surface area contributed by atoms with Crippen LogP contribution in [0.25, 0.3) is 5.57 Å². The fraction of sp³-hybridized carbons (Fsp3) is 0.250. The standard InChI is InChI=1S/C24H23ClN4O/c25-19-3-1-2-17(12-19)16-29-9-6-18(13-24(29)30)21-4-5-23-22(21)14-20(15-27-23)28-10-7-26-8-11-28/h1-4,6,9,12-15,26H,5,7-8,10-11,16H2. The highest BCUT2D eigenvalue weighted by atomic mass is 35.5. The van der Waals surface area contributed by atoms with E-state index in [9.17, 15) is 4.79 Å². The van der Waals surface area contributed by atoms with E-state index in [4.69, 9.17) is 16.6 Å². The molecule has 3 aromatic rings. The molecule has 152 valence electrons. The van der Waals surface area contributed by atoms with Gasteiger partial charge >= 0.3 is 0 Å². The van der Waals surface area contributed by atoms with E-state index >= 15 is 0 Å². The highest BCUT2D eigenvalue weighted by Crippen LogP contribution is 2.33. The molecule has 0 unspecified atom stereocenters. The molecule has 6 heteroatoms. The molecule has 5 nitrogen and oxygen atoms in total. The first-order valence-electron chi connectivity index (χ1n) is 10.3. The van der Waals surface area contributed by atoms with Gasteiger partial charge in [-0.15, -0.1) is 0 Å². The predicted octanol–water partition coefficient (Wildman–Crippen LogP) is 3.34. The van der Waals surface area contributed by atoms with E-state index in [1.165, 1.54) is 0 Å². The average Bonchev–Trinajstić information content (AvgIpc) is 3.19. The Kier molecular flexibility index (Phi) is 5.15. The zero-order chi connectivity index (χ0) is 20.5. The van der Waals surface area contributed by atoms with Crippen LogP contribution in [0, 0.1) is 0 Å². The van der Waals surface area contributed by atoms with Crippen LogP contribution in [0.4, 0.5) is 5.69 Å². The summed E-state index contributed by atoms with van der Waals surface area (Å²) in [5, 5.41) is 4.06.